The zero-order valence-corrected chi connectivity index (χ0v) is 19.5. The topological polar surface area (TPSA) is 101 Å². The number of benzene rings is 2. The lowest BCUT2D eigenvalue weighted by atomic mass is 10.1. The number of rotatable bonds is 5. The number of carbonyl (C=O) groups is 1. The normalized spacial score (nSPS) is 17.0. The quantitative estimate of drug-likeness (QED) is 0.592. The molecular weight excluding hydrogens is 464 g/mol. The lowest BCUT2D eigenvalue weighted by Gasteiger charge is -2.32. The average molecular weight is 487 g/mol. The van der Waals surface area contributed by atoms with Crippen molar-refractivity contribution in [1.29, 1.82) is 0 Å². The summed E-state index contributed by atoms with van der Waals surface area (Å²) in [5, 5.41) is 7.24. The molecule has 1 saturated heterocycles. The van der Waals surface area contributed by atoms with Crippen LogP contribution in [-0.2, 0) is 10.0 Å². The maximum absolute atomic E-state index is 13.0. The number of hydrogen-bond acceptors (Lipinski definition) is 5. The Bertz CT molecular complexity index is 1340. The van der Waals surface area contributed by atoms with Gasteiger partial charge < -0.3 is 5.32 Å². The fourth-order valence-corrected chi connectivity index (χ4v) is 5.68. The van der Waals surface area contributed by atoms with E-state index < -0.39 is 21.4 Å². The Morgan fingerprint density at radius 3 is 2.58 bits per heavy atom. The number of carbonyl (C=O) groups excluding carboxylic acids is 1. The molecule has 2 heterocycles. The molecule has 172 valence electrons. The molecule has 2 aromatic carbocycles. The summed E-state index contributed by atoms with van der Waals surface area (Å²) in [6, 6.07) is 13.9. The van der Waals surface area contributed by atoms with Gasteiger partial charge in [-0.15, -0.1) is 0 Å². The molecule has 1 N–H and O–H groups in total. The number of nitrogens with zero attached hydrogens (tertiary/aromatic N) is 3. The smallest absolute Gasteiger partial charge is 0.280 e. The molecule has 0 saturated carbocycles. The van der Waals surface area contributed by atoms with Crippen molar-refractivity contribution in [3.63, 3.8) is 0 Å². The Kier molecular flexibility index (Phi) is 6.64. The van der Waals surface area contributed by atoms with Gasteiger partial charge in [0.15, 0.2) is 5.69 Å². The van der Waals surface area contributed by atoms with E-state index >= 15 is 0 Å². The van der Waals surface area contributed by atoms with Gasteiger partial charge in [-0.05, 0) is 62.2 Å². The third-order valence-electron chi connectivity index (χ3n) is 5.56. The zero-order chi connectivity index (χ0) is 23.6. The summed E-state index contributed by atoms with van der Waals surface area (Å²) in [5.74, 6) is -0.698. The highest BCUT2D eigenvalue weighted by molar-refractivity contribution is 7.89. The van der Waals surface area contributed by atoms with Crippen LogP contribution in [0.5, 0.6) is 0 Å². The van der Waals surface area contributed by atoms with Crippen LogP contribution in [0.4, 0.5) is 5.69 Å². The Morgan fingerprint density at radius 1 is 1.12 bits per heavy atom. The first-order chi connectivity index (χ1) is 15.8. The Morgan fingerprint density at radius 2 is 1.88 bits per heavy atom. The maximum atomic E-state index is 13.0. The molecule has 8 nitrogen and oxygen atoms in total. The van der Waals surface area contributed by atoms with E-state index in [-0.39, 0.29) is 16.6 Å². The minimum atomic E-state index is -3.61. The van der Waals surface area contributed by atoms with Gasteiger partial charge >= 0.3 is 0 Å². The average Bonchev–Trinajstić information content (AvgIpc) is 2.80. The number of anilines is 1. The first-order valence-electron chi connectivity index (χ1n) is 10.5. The molecular formula is C23H23ClN4O4S. The van der Waals surface area contributed by atoms with Gasteiger partial charge in [-0.1, -0.05) is 24.1 Å². The van der Waals surface area contributed by atoms with Crippen molar-refractivity contribution in [3.05, 3.63) is 81.7 Å². The molecule has 10 heteroatoms. The van der Waals surface area contributed by atoms with Crippen LogP contribution in [0.25, 0.3) is 5.69 Å². The number of piperidine rings is 1. The van der Waals surface area contributed by atoms with E-state index in [4.69, 9.17) is 11.6 Å². The van der Waals surface area contributed by atoms with E-state index in [1.165, 1.54) is 45.5 Å². The molecule has 33 heavy (non-hydrogen) atoms. The van der Waals surface area contributed by atoms with E-state index in [0.717, 1.165) is 19.3 Å². The van der Waals surface area contributed by atoms with Crippen LogP contribution in [0.1, 0.15) is 36.7 Å². The minimum absolute atomic E-state index is 0.0473. The third-order valence-corrected chi connectivity index (χ3v) is 7.82. The zero-order valence-electron chi connectivity index (χ0n) is 17.9. The van der Waals surface area contributed by atoms with Crippen LogP contribution in [0, 0.1) is 0 Å². The number of sulfonamides is 1. The molecule has 0 radical (unpaired) electrons. The summed E-state index contributed by atoms with van der Waals surface area (Å²) < 4.78 is 28.8. The molecule has 0 unspecified atom stereocenters. The van der Waals surface area contributed by atoms with Gasteiger partial charge in [0.2, 0.25) is 15.5 Å². The van der Waals surface area contributed by atoms with Crippen LogP contribution in [0.2, 0.25) is 5.02 Å². The summed E-state index contributed by atoms with van der Waals surface area (Å²) in [5.41, 5.74) is 0.114. The number of halogens is 1. The second-order valence-corrected chi connectivity index (χ2v) is 10.2. The molecule has 1 atom stereocenters. The number of amides is 1. The SMILES string of the molecule is C[C@H]1CCCCN1S(=O)(=O)c1ccc(NC(=O)c2nn(-c3cccc(Cl)c3)ccc2=O)cc1. The third kappa shape index (κ3) is 5.00. The maximum Gasteiger partial charge on any atom is 0.280 e. The van der Waals surface area contributed by atoms with Crippen molar-refractivity contribution in [2.75, 3.05) is 11.9 Å². The predicted molar refractivity (Wildman–Crippen MR) is 126 cm³/mol. The van der Waals surface area contributed by atoms with E-state index in [0.29, 0.717) is 22.9 Å². The molecule has 4 rings (SSSR count). The van der Waals surface area contributed by atoms with Crippen molar-refractivity contribution in [1.82, 2.24) is 14.1 Å². The van der Waals surface area contributed by atoms with Crippen molar-refractivity contribution in [2.45, 2.75) is 37.1 Å². The number of hydrogen-bond donors (Lipinski definition) is 1. The second-order valence-electron chi connectivity index (χ2n) is 7.89. The summed E-state index contributed by atoms with van der Waals surface area (Å²) in [6.45, 7) is 2.41. The van der Waals surface area contributed by atoms with Crippen LogP contribution >= 0.6 is 11.6 Å². The molecule has 0 aliphatic carbocycles. The van der Waals surface area contributed by atoms with E-state index in [1.54, 1.807) is 24.3 Å². The van der Waals surface area contributed by atoms with Crippen LogP contribution in [0.15, 0.2) is 70.5 Å². The van der Waals surface area contributed by atoms with Crippen LogP contribution in [0.3, 0.4) is 0 Å². The minimum Gasteiger partial charge on any atom is -0.320 e. The first-order valence-corrected chi connectivity index (χ1v) is 12.4. The highest BCUT2D eigenvalue weighted by Gasteiger charge is 2.30. The largest absolute Gasteiger partial charge is 0.320 e. The lowest BCUT2D eigenvalue weighted by Crippen LogP contribution is -2.41. The summed E-state index contributed by atoms with van der Waals surface area (Å²) in [4.78, 5) is 25.1. The molecule has 1 aliphatic rings. The van der Waals surface area contributed by atoms with Gasteiger partial charge in [0.05, 0.1) is 10.6 Å². The van der Waals surface area contributed by atoms with E-state index in [9.17, 15) is 18.0 Å². The summed E-state index contributed by atoms with van der Waals surface area (Å²) >= 11 is 6.01. The fourth-order valence-electron chi connectivity index (χ4n) is 3.79. The molecule has 1 aliphatic heterocycles. The van der Waals surface area contributed by atoms with Crippen LogP contribution < -0.4 is 10.7 Å². The highest BCUT2D eigenvalue weighted by Crippen LogP contribution is 2.26. The van der Waals surface area contributed by atoms with Crippen molar-refractivity contribution in [2.24, 2.45) is 0 Å². The molecule has 1 aromatic heterocycles. The molecule has 1 amide bonds. The van der Waals surface area contributed by atoms with Gasteiger partial charge in [-0.2, -0.15) is 9.40 Å². The molecule has 0 spiro atoms. The van der Waals surface area contributed by atoms with Crippen molar-refractivity contribution >= 4 is 33.2 Å². The Labute approximate surface area is 196 Å². The Balaban J connectivity index is 1.54. The standard InChI is InChI=1S/C23H23ClN4O4S/c1-16-5-2-3-13-28(16)33(31,32)20-10-8-18(9-11-20)25-23(30)22-21(29)12-14-27(26-22)19-7-4-6-17(24)15-19/h4,6-12,14-16H,2-3,5,13H2,1H3,(H,25,30)/t16-/m0/s1. The van der Waals surface area contributed by atoms with Crippen molar-refractivity contribution < 1.29 is 13.2 Å². The van der Waals surface area contributed by atoms with E-state index in [2.05, 4.69) is 10.4 Å². The van der Waals surface area contributed by atoms with Gasteiger partial charge in [0.25, 0.3) is 5.91 Å². The molecule has 3 aromatic rings. The first kappa shape index (κ1) is 23.2. The molecule has 1 fully saturated rings. The van der Waals surface area contributed by atoms with Crippen molar-refractivity contribution in [3.8, 4) is 5.69 Å². The van der Waals surface area contributed by atoms with E-state index in [1.807, 2.05) is 6.92 Å². The predicted octanol–water partition coefficient (Wildman–Crippen LogP) is 3.70. The highest BCUT2D eigenvalue weighted by atomic mass is 35.5. The lowest BCUT2D eigenvalue weighted by molar-refractivity contribution is 0.101. The van der Waals surface area contributed by atoms with Crippen LogP contribution in [-0.4, -0.2) is 41.0 Å². The monoisotopic (exact) mass is 486 g/mol. The second kappa shape index (κ2) is 9.46. The summed E-state index contributed by atoms with van der Waals surface area (Å²) in [6.07, 6.45) is 4.15. The number of aromatic nitrogens is 2. The van der Waals surface area contributed by atoms with Gasteiger partial charge in [-0.25, -0.2) is 13.1 Å². The van der Waals surface area contributed by atoms with Gasteiger partial charge in [0.1, 0.15) is 0 Å². The van der Waals surface area contributed by atoms with Gasteiger partial charge in [-0.3, -0.25) is 9.59 Å². The number of nitrogens with one attached hydrogen (secondary N) is 1. The summed E-state index contributed by atoms with van der Waals surface area (Å²) in [7, 11) is -3.61. The fraction of sp³-hybridized carbons (Fsp3) is 0.261. The van der Waals surface area contributed by atoms with Gasteiger partial charge in [0, 0.05) is 35.6 Å². The Hall–Kier alpha value is -3.01. The molecule has 0 bridgehead atoms.